The molecule has 6 heteroatoms. The largest absolute Gasteiger partial charge is 0.496 e. The summed E-state index contributed by atoms with van der Waals surface area (Å²) in [6, 6.07) is 19.2. The lowest BCUT2D eigenvalue weighted by atomic mass is 10.1. The van der Waals surface area contributed by atoms with Crippen molar-refractivity contribution in [3.63, 3.8) is 0 Å². The fraction of sp³-hybridized carbons (Fsp3) is 0.208. The summed E-state index contributed by atoms with van der Waals surface area (Å²) >= 11 is 1.57. The Balaban J connectivity index is 1.87. The van der Waals surface area contributed by atoms with Gasteiger partial charge in [-0.15, -0.1) is 11.3 Å². The lowest BCUT2D eigenvalue weighted by Crippen LogP contribution is -2.25. The van der Waals surface area contributed by atoms with Gasteiger partial charge in [-0.05, 0) is 36.2 Å². The van der Waals surface area contributed by atoms with Crippen LogP contribution >= 0.6 is 11.3 Å². The number of nitrogens with zero attached hydrogens (tertiary/aromatic N) is 3. The van der Waals surface area contributed by atoms with E-state index in [0.717, 1.165) is 33.0 Å². The third-order valence-corrected chi connectivity index (χ3v) is 6.24. The summed E-state index contributed by atoms with van der Waals surface area (Å²) in [5.74, 6) is 1.45. The molecule has 2 heterocycles. The molecule has 150 valence electrons. The van der Waals surface area contributed by atoms with Gasteiger partial charge in [0.25, 0.3) is 5.56 Å². The van der Waals surface area contributed by atoms with E-state index < -0.39 is 0 Å². The summed E-state index contributed by atoms with van der Waals surface area (Å²) < 4.78 is 7.22. The van der Waals surface area contributed by atoms with Gasteiger partial charge >= 0.3 is 0 Å². The van der Waals surface area contributed by atoms with Gasteiger partial charge in [0.2, 0.25) is 0 Å². The highest BCUT2D eigenvalue weighted by Gasteiger charge is 2.16. The van der Waals surface area contributed by atoms with Crippen molar-refractivity contribution >= 4 is 21.6 Å². The van der Waals surface area contributed by atoms with Crippen molar-refractivity contribution in [3.8, 4) is 11.8 Å². The van der Waals surface area contributed by atoms with E-state index in [1.54, 1.807) is 29.1 Å². The maximum absolute atomic E-state index is 13.4. The van der Waals surface area contributed by atoms with Crippen molar-refractivity contribution in [2.24, 2.45) is 0 Å². The van der Waals surface area contributed by atoms with Crippen LogP contribution in [0.2, 0.25) is 0 Å². The number of aryl methyl sites for hydroxylation is 1. The Bertz CT molecular complexity index is 1310. The zero-order chi connectivity index (χ0) is 21.1. The van der Waals surface area contributed by atoms with Crippen LogP contribution in [0.3, 0.4) is 0 Å². The van der Waals surface area contributed by atoms with E-state index in [-0.39, 0.29) is 5.56 Å². The molecule has 0 aliphatic rings. The number of methoxy groups -OCH3 is 1. The molecule has 0 aliphatic heterocycles. The second-order valence-electron chi connectivity index (χ2n) is 7.01. The van der Waals surface area contributed by atoms with Crippen molar-refractivity contribution < 1.29 is 4.74 Å². The Kier molecular flexibility index (Phi) is 5.64. The van der Waals surface area contributed by atoms with Crippen LogP contribution in [0.5, 0.6) is 5.75 Å². The van der Waals surface area contributed by atoms with Crippen molar-refractivity contribution in [2.75, 3.05) is 7.11 Å². The highest BCUT2D eigenvalue weighted by molar-refractivity contribution is 7.18. The van der Waals surface area contributed by atoms with E-state index in [4.69, 9.17) is 9.72 Å². The Hall–Kier alpha value is -3.43. The van der Waals surface area contributed by atoms with E-state index in [2.05, 4.69) is 13.0 Å². The topological polar surface area (TPSA) is 67.9 Å². The highest BCUT2D eigenvalue weighted by Crippen LogP contribution is 2.25. The average Bonchev–Trinajstić information content (AvgIpc) is 3.20. The first-order chi connectivity index (χ1) is 14.6. The number of hydrogen-bond donors (Lipinski definition) is 0. The van der Waals surface area contributed by atoms with Crippen molar-refractivity contribution in [3.05, 3.63) is 92.3 Å². The van der Waals surface area contributed by atoms with Crippen molar-refractivity contribution in [2.45, 2.75) is 26.3 Å². The number of para-hydroxylation sites is 1. The molecule has 0 amide bonds. The minimum absolute atomic E-state index is 0.0526. The van der Waals surface area contributed by atoms with Crippen LogP contribution in [0, 0.1) is 11.3 Å². The molecule has 2 aromatic heterocycles. The van der Waals surface area contributed by atoms with Crippen LogP contribution in [-0.4, -0.2) is 16.7 Å². The summed E-state index contributed by atoms with van der Waals surface area (Å²) in [5.41, 5.74) is 2.38. The third kappa shape index (κ3) is 3.85. The number of fused-ring (bicyclic) bond motifs is 1. The Labute approximate surface area is 178 Å². The van der Waals surface area contributed by atoms with Gasteiger partial charge in [0.05, 0.1) is 30.7 Å². The predicted molar refractivity (Wildman–Crippen MR) is 119 cm³/mol. The van der Waals surface area contributed by atoms with E-state index in [1.165, 1.54) is 0 Å². The molecule has 0 atom stereocenters. The molecular weight excluding hydrogens is 394 g/mol. The first kappa shape index (κ1) is 19.9. The summed E-state index contributed by atoms with van der Waals surface area (Å²) in [4.78, 5) is 20.2. The molecule has 0 fully saturated rings. The summed E-state index contributed by atoms with van der Waals surface area (Å²) in [5, 5.41) is 9.87. The fourth-order valence-corrected chi connectivity index (χ4v) is 4.50. The molecule has 0 bridgehead atoms. The average molecular weight is 416 g/mol. The number of nitriles is 1. The molecule has 30 heavy (non-hydrogen) atoms. The molecule has 0 spiro atoms. The predicted octanol–water partition coefficient (Wildman–Crippen LogP) is 4.54. The van der Waals surface area contributed by atoms with Gasteiger partial charge in [-0.1, -0.05) is 37.3 Å². The Morgan fingerprint density at radius 2 is 2.00 bits per heavy atom. The van der Waals surface area contributed by atoms with E-state index in [9.17, 15) is 10.1 Å². The molecule has 0 unspecified atom stereocenters. The van der Waals surface area contributed by atoms with Crippen LogP contribution in [-0.2, 0) is 19.4 Å². The number of ether oxygens (including phenoxy) is 1. The molecule has 2 aromatic carbocycles. The zero-order valence-electron chi connectivity index (χ0n) is 16.9. The minimum atomic E-state index is -0.0526. The van der Waals surface area contributed by atoms with Crippen LogP contribution in [0.25, 0.3) is 10.2 Å². The van der Waals surface area contributed by atoms with Gasteiger partial charge in [0.15, 0.2) is 0 Å². The maximum atomic E-state index is 13.4. The summed E-state index contributed by atoms with van der Waals surface area (Å²) in [6.07, 6.45) is 1.35. The minimum Gasteiger partial charge on any atom is -0.496 e. The quantitative estimate of drug-likeness (QED) is 0.464. The number of hydrogen-bond acceptors (Lipinski definition) is 5. The molecule has 0 saturated heterocycles. The van der Waals surface area contributed by atoms with E-state index in [0.29, 0.717) is 29.7 Å². The zero-order valence-corrected chi connectivity index (χ0v) is 17.7. The molecule has 4 rings (SSSR count). The number of benzene rings is 2. The van der Waals surface area contributed by atoms with Crippen LogP contribution < -0.4 is 10.3 Å². The molecular formula is C24H21N3O2S. The monoisotopic (exact) mass is 415 g/mol. The molecule has 4 aromatic rings. The summed E-state index contributed by atoms with van der Waals surface area (Å²) in [7, 11) is 1.64. The van der Waals surface area contributed by atoms with Crippen LogP contribution in [0.4, 0.5) is 0 Å². The van der Waals surface area contributed by atoms with Gasteiger partial charge in [0, 0.05) is 16.9 Å². The Morgan fingerprint density at radius 1 is 1.17 bits per heavy atom. The first-order valence-electron chi connectivity index (χ1n) is 9.76. The second-order valence-corrected chi connectivity index (χ2v) is 8.12. The number of thiophene rings is 1. The van der Waals surface area contributed by atoms with E-state index >= 15 is 0 Å². The van der Waals surface area contributed by atoms with Crippen molar-refractivity contribution in [1.82, 2.24) is 9.55 Å². The maximum Gasteiger partial charge on any atom is 0.262 e. The number of rotatable bonds is 6. The fourth-order valence-electron chi connectivity index (χ4n) is 3.52. The summed E-state index contributed by atoms with van der Waals surface area (Å²) in [6.45, 7) is 2.44. The highest BCUT2D eigenvalue weighted by atomic mass is 32.1. The molecule has 0 radical (unpaired) electrons. The lowest BCUT2D eigenvalue weighted by Gasteiger charge is -2.14. The molecule has 0 aliphatic carbocycles. The normalized spacial score (nSPS) is 10.8. The Morgan fingerprint density at radius 3 is 2.77 bits per heavy atom. The SMILES string of the molecule is CCc1cc2c(=O)n(Cc3cccc(C#N)c3)c(Cc3ccccc3OC)nc2s1. The van der Waals surface area contributed by atoms with Crippen LogP contribution in [0.1, 0.15) is 34.3 Å². The third-order valence-electron chi connectivity index (χ3n) is 5.07. The van der Waals surface area contributed by atoms with Gasteiger partial charge in [-0.2, -0.15) is 5.26 Å². The first-order valence-corrected chi connectivity index (χ1v) is 10.6. The van der Waals surface area contributed by atoms with Crippen molar-refractivity contribution in [1.29, 1.82) is 5.26 Å². The number of aromatic nitrogens is 2. The smallest absolute Gasteiger partial charge is 0.262 e. The van der Waals surface area contributed by atoms with Crippen LogP contribution in [0.15, 0.2) is 59.4 Å². The van der Waals surface area contributed by atoms with Gasteiger partial charge in [-0.25, -0.2) is 4.98 Å². The standard InChI is InChI=1S/C24H21N3O2S/c1-3-19-13-20-23(30-19)26-22(12-18-9-4-5-10-21(18)29-2)27(24(20)28)15-17-8-6-7-16(11-17)14-25/h4-11,13H,3,12,15H2,1-2H3. The molecule has 5 nitrogen and oxygen atoms in total. The molecule has 0 N–H and O–H groups in total. The van der Waals surface area contributed by atoms with E-state index in [1.807, 2.05) is 48.5 Å². The van der Waals surface area contributed by atoms with Gasteiger partial charge < -0.3 is 4.74 Å². The molecule has 0 saturated carbocycles. The van der Waals surface area contributed by atoms with Gasteiger partial charge in [0.1, 0.15) is 16.4 Å². The lowest BCUT2D eigenvalue weighted by molar-refractivity contribution is 0.410. The second kappa shape index (κ2) is 8.52. The van der Waals surface area contributed by atoms with Gasteiger partial charge in [-0.3, -0.25) is 9.36 Å².